The maximum atomic E-state index is 12.2. The van der Waals surface area contributed by atoms with Crippen LogP contribution in [0.3, 0.4) is 0 Å². The predicted octanol–water partition coefficient (Wildman–Crippen LogP) is 3.35. The number of rotatable bonds is 3. The third kappa shape index (κ3) is 3.49. The zero-order chi connectivity index (χ0) is 13.8. The summed E-state index contributed by atoms with van der Waals surface area (Å²) < 4.78 is 0. The Labute approximate surface area is 115 Å². The van der Waals surface area contributed by atoms with E-state index in [1.165, 1.54) is 12.8 Å². The molecule has 0 bridgehead atoms. The van der Waals surface area contributed by atoms with E-state index in [1.54, 1.807) is 0 Å². The van der Waals surface area contributed by atoms with Crippen molar-refractivity contribution in [2.75, 3.05) is 12.4 Å². The van der Waals surface area contributed by atoms with Crippen LogP contribution in [-0.2, 0) is 0 Å². The van der Waals surface area contributed by atoms with Crippen LogP contribution in [0.15, 0.2) is 18.2 Å². The van der Waals surface area contributed by atoms with E-state index < -0.39 is 0 Å². The number of carbonyl (C=O) groups excluding carboxylic acids is 1. The summed E-state index contributed by atoms with van der Waals surface area (Å²) in [5.74, 6) is 0.789. The number of amides is 1. The van der Waals surface area contributed by atoms with E-state index in [9.17, 15) is 4.79 Å². The molecule has 2 rings (SSSR count). The monoisotopic (exact) mass is 260 g/mol. The van der Waals surface area contributed by atoms with E-state index >= 15 is 0 Å². The van der Waals surface area contributed by atoms with Crippen LogP contribution in [0, 0.1) is 12.8 Å². The van der Waals surface area contributed by atoms with Gasteiger partial charge in [0.05, 0.1) is 0 Å². The summed E-state index contributed by atoms with van der Waals surface area (Å²) in [7, 11) is 1.89. The molecule has 1 aromatic rings. The molecule has 0 spiro atoms. The molecule has 1 amide bonds. The minimum absolute atomic E-state index is 0.0600. The standard InChI is InChI=1S/C16H24N2O/c1-11-5-4-6-14(9-11)18-16(19)13-7-8-15(17-3)12(2)10-13/h7-8,10-11,14,17H,4-6,9H2,1-3H3,(H,18,19). The van der Waals surface area contributed by atoms with E-state index in [-0.39, 0.29) is 5.91 Å². The molecular formula is C16H24N2O. The number of anilines is 1. The molecule has 2 atom stereocenters. The van der Waals surface area contributed by atoms with Gasteiger partial charge in [0.1, 0.15) is 0 Å². The van der Waals surface area contributed by atoms with Gasteiger partial charge in [0, 0.05) is 24.3 Å². The zero-order valence-corrected chi connectivity index (χ0v) is 12.1. The van der Waals surface area contributed by atoms with E-state index in [2.05, 4.69) is 17.6 Å². The first-order valence-corrected chi connectivity index (χ1v) is 7.19. The SMILES string of the molecule is CNc1ccc(C(=O)NC2CCCC(C)C2)cc1C. The van der Waals surface area contributed by atoms with Crippen molar-refractivity contribution in [2.24, 2.45) is 5.92 Å². The highest BCUT2D eigenvalue weighted by atomic mass is 16.1. The van der Waals surface area contributed by atoms with Gasteiger partial charge in [-0.1, -0.05) is 19.8 Å². The van der Waals surface area contributed by atoms with Gasteiger partial charge < -0.3 is 10.6 Å². The quantitative estimate of drug-likeness (QED) is 0.875. The molecule has 0 saturated heterocycles. The lowest BCUT2D eigenvalue weighted by Crippen LogP contribution is -2.38. The number of hydrogen-bond donors (Lipinski definition) is 2. The van der Waals surface area contributed by atoms with Crippen molar-refractivity contribution in [3.8, 4) is 0 Å². The molecule has 0 aliphatic heterocycles. The molecule has 1 aliphatic rings. The average Bonchev–Trinajstić information content (AvgIpc) is 2.38. The molecule has 1 aromatic carbocycles. The van der Waals surface area contributed by atoms with Crippen molar-refractivity contribution in [3.63, 3.8) is 0 Å². The Morgan fingerprint density at radius 2 is 2.11 bits per heavy atom. The largest absolute Gasteiger partial charge is 0.388 e. The summed E-state index contributed by atoms with van der Waals surface area (Å²) in [5, 5.41) is 6.29. The second kappa shape index (κ2) is 6.09. The minimum atomic E-state index is 0.0600. The Bertz CT molecular complexity index is 456. The maximum Gasteiger partial charge on any atom is 0.251 e. The molecule has 0 radical (unpaired) electrons. The fraction of sp³-hybridized carbons (Fsp3) is 0.562. The fourth-order valence-corrected chi connectivity index (χ4v) is 2.92. The number of aryl methyl sites for hydroxylation is 1. The van der Waals surface area contributed by atoms with Crippen LogP contribution in [0.2, 0.25) is 0 Å². The second-order valence-corrected chi connectivity index (χ2v) is 5.72. The minimum Gasteiger partial charge on any atom is -0.388 e. The van der Waals surface area contributed by atoms with E-state index in [0.29, 0.717) is 6.04 Å². The molecule has 1 saturated carbocycles. The fourth-order valence-electron chi connectivity index (χ4n) is 2.92. The predicted molar refractivity (Wildman–Crippen MR) is 79.6 cm³/mol. The summed E-state index contributed by atoms with van der Waals surface area (Å²) in [6.45, 7) is 4.29. The normalized spacial score (nSPS) is 22.9. The Morgan fingerprint density at radius 1 is 1.32 bits per heavy atom. The highest BCUT2D eigenvalue weighted by molar-refractivity contribution is 5.95. The molecule has 3 nitrogen and oxygen atoms in total. The average molecular weight is 260 g/mol. The smallest absolute Gasteiger partial charge is 0.251 e. The summed E-state index contributed by atoms with van der Waals surface area (Å²) in [6, 6.07) is 6.15. The van der Waals surface area contributed by atoms with Gasteiger partial charge in [-0.3, -0.25) is 4.79 Å². The van der Waals surface area contributed by atoms with Crippen molar-refractivity contribution < 1.29 is 4.79 Å². The molecule has 3 heteroatoms. The van der Waals surface area contributed by atoms with Crippen LogP contribution in [-0.4, -0.2) is 19.0 Å². The van der Waals surface area contributed by atoms with Crippen molar-refractivity contribution in [1.82, 2.24) is 5.32 Å². The zero-order valence-electron chi connectivity index (χ0n) is 12.1. The van der Waals surface area contributed by atoms with Crippen LogP contribution >= 0.6 is 0 Å². The number of carbonyl (C=O) groups is 1. The van der Waals surface area contributed by atoms with Gasteiger partial charge in [-0.25, -0.2) is 0 Å². The van der Waals surface area contributed by atoms with Crippen LogP contribution in [0.4, 0.5) is 5.69 Å². The molecule has 1 aliphatic carbocycles. The molecule has 19 heavy (non-hydrogen) atoms. The Morgan fingerprint density at radius 3 is 2.74 bits per heavy atom. The summed E-state index contributed by atoms with van der Waals surface area (Å²) >= 11 is 0. The summed E-state index contributed by atoms with van der Waals surface area (Å²) in [6.07, 6.45) is 4.75. The molecule has 2 N–H and O–H groups in total. The highest BCUT2D eigenvalue weighted by Crippen LogP contribution is 2.24. The van der Waals surface area contributed by atoms with Gasteiger partial charge in [-0.2, -0.15) is 0 Å². The van der Waals surface area contributed by atoms with Gasteiger partial charge in [-0.05, 0) is 49.4 Å². The second-order valence-electron chi connectivity index (χ2n) is 5.72. The molecule has 2 unspecified atom stereocenters. The number of hydrogen-bond acceptors (Lipinski definition) is 2. The lowest BCUT2D eigenvalue weighted by Gasteiger charge is -2.27. The Kier molecular flexibility index (Phi) is 4.46. The Hall–Kier alpha value is -1.51. The number of benzene rings is 1. The van der Waals surface area contributed by atoms with Crippen LogP contribution in [0.1, 0.15) is 48.5 Å². The first-order valence-electron chi connectivity index (χ1n) is 7.19. The third-order valence-electron chi connectivity index (χ3n) is 4.03. The summed E-state index contributed by atoms with van der Waals surface area (Å²) in [5.41, 5.74) is 2.93. The van der Waals surface area contributed by atoms with Gasteiger partial charge in [0.2, 0.25) is 0 Å². The highest BCUT2D eigenvalue weighted by Gasteiger charge is 2.20. The molecule has 104 valence electrons. The first kappa shape index (κ1) is 13.9. The molecule has 1 fully saturated rings. The number of nitrogens with one attached hydrogen (secondary N) is 2. The van der Waals surface area contributed by atoms with Gasteiger partial charge in [-0.15, -0.1) is 0 Å². The van der Waals surface area contributed by atoms with E-state index in [0.717, 1.165) is 35.6 Å². The van der Waals surface area contributed by atoms with Gasteiger partial charge >= 0.3 is 0 Å². The van der Waals surface area contributed by atoms with Crippen molar-refractivity contribution in [3.05, 3.63) is 29.3 Å². The first-order chi connectivity index (χ1) is 9.10. The lowest BCUT2D eigenvalue weighted by atomic mass is 9.87. The van der Waals surface area contributed by atoms with E-state index in [4.69, 9.17) is 0 Å². The molecular weight excluding hydrogens is 236 g/mol. The third-order valence-corrected chi connectivity index (χ3v) is 4.03. The summed E-state index contributed by atoms with van der Waals surface area (Å²) in [4.78, 5) is 12.2. The van der Waals surface area contributed by atoms with Gasteiger partial charge in [0.25, 0.3) is 5.91 Å². The lowest BCUT2D eigenvalue weighted by molar-refractivity contribution is 0.0921. The van der Waals surface area contributed by atoms with Gasteiger partial charge in [0.15, 0.2) is 0 Å². The van der Waals surface area contributed by atoms with Crippen molar-refractivity contribution >= 4 is 11.6 Å². The molecule has 0 aromatic heterocycles. The van der Waals surface area contributed by atoms with Crippen molar-refractivity contribution in [2.45, 2.75) is 45.6 Å². The molecule has 0 heterocycles. The topological polar surface area (TPSA) is 41.1 Å². The maximum absolute atomic E-state index is 12.2. The van der Waals surface area contributed by atoms with Crippen LogP contribution in [0.25, 0.3) is 0 Å². The Balaban J connectivity index is 2.01. The van der Waals surface area contributed by atoms with Crippen LogP contribution < -0.4 is 10.6 Å². The van der Waals surface area contributed by atoms with Crippen LogP contribution in [0.5, 0.6) is 0 Å². The van der Waals surface area contributed by atoms with E-state index in [1.807, 2.05) is 32.2 Å². The van der Waals surface area contributed by atoms with Crippen molar-refractivity contribution in [1.29, 1.82) is 0 Å².